The van der Waals surface area contributed by atoms with Crippen molar-refractivity contribution >= 4 is 5.95 Å². The molecule has 0 aliphatic heterocycles. The molecule has 9 heavy (non-hydrogen) atoms. The molecule has 1 N–H and O–H groups in total. The second kappa shape index (κ2) is 2.50. The van der Waals surface area contributed by atoms with Gasteiger partial charge in [-0.25, -0.2) is 10.5 Å². The highest BCUT2D eigenvalue weighted by Gasteiger charge is 1.92. The van der Waals surface area contributed by atoms with E-state index in [9.17, 15) is 0 Å². The standard InChI is InChI=1S/C5H9N3O/c1-8-4-3-6-5(8)7-9-2/h3-4H,1-2H3,(H,6,7). The van der Waals surface area contributed by atoms with E-state index in [-0.39, 0.29) is 0 Å². The molecular weight excluding hydrogens is 118 g/mol. The molecule has 0 saturated heterocycles. The van der Waals surface area contributed by atoms with Gasteiger partial charge in [0.15, 0.2) is 0 Å². The number of nitrogens with zero attached hydrogens (tertiary/aromatic N) is 2. The van der Waals surface area contributed by atoms with E-state index in [0.717, 1.165) is 0 Å². The zero-order valence-electron chi connectivity index (χ0n) is 5.46. The molecule has 1 aromatic heterocycles. The van der Waals surface area contributed by atoms with Crippen LogP contribution in [0.2, 0.25) is 0 Å². The molecule has 1 rings (SSSR count). The molecule has 0 aliphatic carbocycles. The molecule has 0 aromatic carbocycles. The third-order valence-electron chi connectivity index (χ3n) is 1.01. The molecule has 0 bridgehead atoms. The van der Waals surface area contributed by atoms with Crippen LogP contribution in [0.4, 0.5) is 5.95 Å². The van der Waals surface area contributed by atoms with Gasteiger partial charge in [0, 0.05) is 19.4 Å². The van der Waals surface area contributed by atoms with E-state index >= 15 is 0 Å². The largest absolute Gasteiger partial charge is 0.319 e. The van der Waals surface area contributed by atoms with Crippen LogP contribution in [0.1, 0.15) is 0 Å². The van der Waals surface area contributed by atoms with Crippen LogP contribution in [0.25, 0.3) is 0 Å². The summed E-state index contributed by atoms with van der Waals surface area (Å²) in [6, 6.07) is 0. The Hall–Kier alpha value is -1.03. The van der Waals surface area contributed by atoms with E-state index in [2.05, 4.69) is 15.3 Å². The predicted molar refractivity (Wildman–Crippen MR) is 33.8 cm³/mol. The molecule has 0 amide bonds. The molecule has 50 valence electrons. The summed E-state index contributed by atoms with van der Waals surface area (Å²) in [5.74, 6) is 0.706. The summed E-state index contributed by atoms with van der Waals surface area (Å²) < 4.78 is 1.82. The third-order valence-corrected chi connectivity index (χ3v) is 1.01. The van der Waals surface area contributed by atoms with Gasteiger partial charge in [0.2, 0.25) is 5.95 Å². The lowest BCUT2D eigenvalue weighted by Gasteiger charge is -1.99. The van der Waals surface area contributed by atoms with Crippen molar-refractivity contribution in [2.75, 3.05) is 12.6 Å². The minimum absolute atomic E-state index is 0.706. The molecule has 0 atom stereocenters. The van der Waals surface area contributed by atoms with Gasteiger partial charge >= 0.3 is 0 Å². The summed E-state index contributed by atoms with van der Waals surface area (Å²) in [7, 11) is 3.43. The lowest BCUT2D eigenvalue weighted by molar-refractivity contribution is 0.265. The Morgan fingerprint density at radius 3 is 3.00 bits per heavy atom. The van der Waals surface area contributed by atoms with Crippen LogP contribution in [0.5, 0.6) is 0 Å². The molecule has 1 aromatic rings. The number of aryl methyl sites for hydroxylation is 1. The van der Waals surface area contributed by atoms with Crippen molar-refractivity contribution in [2.24, 2.45) is 7.05 Å². The Morgan fingerprint density at radius 1 is 1.78 bits per heavy atom. The number of anilines is 1. The van der Waals surface area contributed by atoms with E-state index in [4.69, 9.17) is 0 Å². The SMILES string of the molecule is CONc1nccn1C. The molecule has 4 heteroatoms. The average Bonchev–Trinajstić information content (AvgIpc) is 2.18. The van der Waals surface area contributed by atoms with Gasteiger partial charge in [0.05, 0.1) is 7.11 Å². The summed E-state index contributed by atoms with van der Waals surface area (Å²) in [6.45, 7) is 0. The molecule has 0 unspecified atom stereocenters. The predicted octanol–water partition coefficient (Wildman–Crippen LogP) is 0.393. The van der Waals surface area contributed by atoms with Gasteiger partial charge in [-0.3, -0.25) is 4.84 Å². The Kier molecular flexibility index (Phi) is 1.69. The van der Waals surface area contributed by atoms with Crippen molar-refractivity contribution < 1.29 is 4.84 Å². The van der Waals surface area contributed by atoms with Crippen molar-refractivity contribution in [1.29, 1.82) is 0 Å². The van der Waals surface area contributed by atoms with Gasteiger partial charge in [-0.2, -0.15) is 0 Å². The summed E-state index contributed by atoms with van der Waals surface area (Å²) >= 11 is 0. The Morgan fingerprint density at radius 2 is 2.56 bits per heavy atom. The van der Waals surface area contributed by atoms with E-state index in [1.165, 1.54) is 0 Å². The van der Waals surface area contributed by atoms with Gasteiger partial charge in [0.1, 0.15) is 0 Å². The minimum Gasteiger partial charge on any atom is -0.319 e. The number of imidazole rings is 1. The molecule has 0 spiro atoms. The second-order valence-electron chi connectivity index (χ2n) is 1.67. The Balaban J connectivity index is 2.69. The highest BCUT2D eigenvalue weighted by atomic mass is 16.6. The number of nitrogens with one attached hydrogen (secondary N) is 1. The van der Waals surface area contributed by atoms with Crippen LogP contribution in [0.3, 0.4) is 0 Å². The lowest BCUT2D eigenvalue weighted by Crippen LogP contribution is -2.01. The van der Waals surface area contributed by atoms with Crippen LogP contribution in [0, 0.1) is 0 Å². The number of rotatable bonds is 2. The van der Waals surface area contributed by atoms with Gasteiger partial charge in [0.25, 0.3) is 0 Å². The monoisotopic (exact) mass is 127 g/mol. The summed E-state index contributed by atoms with van der Waals surface area (Å²) in [5.41, 5.74) is 2.61. The fourth-order valence-corrected chi connectivity index (χ4v) is 0.555. The first-order chi connectivity index (χ1) is 4.34. The Labute approximate surface area is 53.4 Å². The van der Waals surface area contributed by atoms with Gasteiger partial charge in [-0.15, -0.1) is 0 Å². The molecule has 1 heterocycles. The van der Waals surface area contributed by atoms with Crippen molar-refractivity contribution in [1.82, 2.24) is 9.55 Å². The van der Waals surface area contributed by atoms with Crippen molar-refractivity contribution in [3.05, 3.63) is 12.4 Å². The molecule has 0 aliphatic rings. The first-order valence-electron chi connectivity index (χ1n) is 2.61. The lowest BCUT2D eigenvalue weighted by atomic mass is 10.9. The Bertz CT molecular complexity index is 184. The van der Waals surface area contributed by atoms with E-state index in [1.807, 2.05) is 17.8 Å². The smallest absolute Gasteiger partial charge is 0.226 e. The second-order valence-corrected chi connectivity index (χ2v) is 1.67. The van der Waals surface area contributed by atoms with Crippen LogP contribution < -0.4 is 5.48 Å². The van der Waals surface area contributed by atoms with Crippen LogP contribution in [-0.2, 0) is 11.9 Å². The topological polar surface area (TPSA) is 39.1 Å². The highest BCUT2D eigenvalue weighted by molar-refractivity contribution is 5.20. The highest BCUT2D eigenvalue weighted by Crippen LogP contribution is 1.98. The van der Waals surface area contributed by atoms with Crippen molar-refractivity contribution in [2.45, 2.75) is 0 Å². The number of hydrogen-bond acceptors (Lipinski definition) is 3. The third kappa shape index (κ3) is 1.20. The average molecular weight is 127 g/mol. The molecule has 0 saturated carbocycles. The van der Waals surface area contributed by atoms with Crippen molar-refractivity contribution in [3.63, 3.8) is 0 Å². The van der Waals surface area contributed by atoms with E-state index < -0.39 is 0 Å². The van der Waals surface area contributed by atoms with Crippen molar-refractivity contribution in [3.8, 4) is 0 Å². The molecular formula is C5H9N3O. The zero-order valence-corrected chi connectivity index (χ0v) is 5.46. The van der Waals surface area contributed by atoms with E-state index in [1.54, 1.807) is 13.3 Å². The maximum atomic E-state index is 4.63. The summed E-state index contributed by atoms with van der Waals surface area (Å²) in [6.07, 6.45) is 3.53. The van der Waals surface area contributed by atoms with Crippen LogP contribution in [-0.4, -0.2) is 16.7 Å². The number of aromatic nitrogens is 2. The van der Waals surface area contributed by atoms with Gasteiger partial charge in [-0.05, 0) is 0 Å². The molecule has 4 nitrogen and oxygen atoms in total. The summed E-state index contributed by atoms with van der Waals surface area (Å²) in [5, 5.41) is 0. The molecule has 0 radical (unpaired) electrons. The fraction of sp³-hybridized carbons (Fsp3) is 0.400. The quantitative estimate of drug-likeness (QED) is 0.584. The van der Waals surface area contributed by atoms with Crippen LogP contribution >= 0.6 is 0 Å². The molecule has 0 fully saturated rings. The number of hydrogen-bond donors (Lipinski definition) is 1. The first kappa shape index (κ1) is 6.10. The summed E-state index contributed by atoms with van der Waals surface area (Å²) in [4.78, 5) is 8.57. The normalized spacial score (nSPS) is 9.56. The van der Waals surface area contributed by atoms with Gasteiger partial charge < -0.3 is 4.57 Å². The maximum absolute atomic E-state index is 4.63. The van der Waals surface area contributed by atoms with Gasteiger partial charge in [-0.1, -0.05) is 0 Å². The minimum atomic E-state index is 0.706. The first-order valence-corrected chi connectivity index (χ1v) is 2.61. The zero-order chi connectivity index (χ0) is 6.69. The van der Waals surface area contributed by atoms with E-state index in [0.29, 0.717) is 5.95 Å². The fourth-order valence-electron chi connectivity index (χ4n) is 0.555. The maximum Gasteiger partial charge on any atom is 0.226 e. The van der Waals surface area contributed by atoms with Crippen LogP contribution in [0.15, 0.2) is 12.4 Å².